The molecule has 0 radical (unpaired) electrons. The van der Waals surface area contributed by atoms with E-state index in [1.807, 2.05) is 12.1 Å². The van der Waals surface area contributed by atoms with E-state index in [-0.39, 0.29) is 5.82 Å². The van der Waals surface area contributed by atoms with E-state index >= 15 is 0 Å². The van der Waals surface area contributed by atoms with Crippen molar-refractivity contribution >= 4 is 0 Å². The third-order valence-electron chi connectivity index (χ3n) is 2.44. The van der Waals surface area contributed by atoms with Crippen LogP contribution < -0.4 is 5.32 Å². The third kappa shape index (κ3) is 2.31. The van der Waals surface area contributed by atoms with Crippen LogP contribution in [0.1, 0.15) is 12.7 Å². The van der Waals surface area contributed by atoms with Crippen molar-refractivity contribution in [1.82, 2.24) is 0 Å². The number of nitrogens with two attached hydrogens (primary N) is 1. The number of benzene rings is 1. The lowest BCUT2D eigenvalue weighted by atomic mass is 10.1. The Bertz CT molecular complexity index is 464. The van der Waals surface area contributed by atoms with Crippen molar-refractivity contribution in [2.75, 3.05) is 6.54 Å². The van der Waals surface area contributed by atoms with Crippen LogP contribution in [-0.4, -0.2) is 6.54 Å². The van der Waals surface area contributed by atoms with E-state index in [4.69, 9.17) is 4.42 Å². The summed E-state index contributed by atoms with van der Waals surface area (Å²) in [6, 6.07) is 10.4. The number of rotatable bonds is 4. The van der Waals surface area contributed by atoms with Crippen LogP contribution in [0.5, 0.6) is 0 Å². The molecule has 2 nitrogen and oxygen atoms in total. The fraction of sp³-hybridized carbons (Fsp3) is 0.231. The van der Waals surface area contributed by atoms with Gasteiger partial charge in [-0.25, -0.2) is 4.39 Å². The van der Waals surface area contributed by atoms with Crippen molar-refractivity contribution in [3.63, 3.8) is 0 Å². The Hall–Kier alpha value is -1.61. The van der Waals surface area contributed by atoms with E-state index < -0.39 is 0 Å². The molecule has 0 fully saturated rings. The summed E-state index contributed by atoms with van der Waals surface area (Å²) in [7, 11) is 0. The lowest BCUT2D eigenvalue weighted by Gasteiger charge is -1.98. The molecule has 2 N–H and O–H groups in total. The quantitative estimate of drug-likeness (QED) is 0.840. The highest BCUT2D eigenvalue weighted by Gasteiger charge is 2.09. The number of hydrogen-bond acceptors (Lipinski definition) is 1. The molecular weight excluding hydrogens is 205 g/mol. The summed E-state index contributed by atoms with van der Waals surface area (Å²) in [6.45, 7) is 3.89. The molecule has 1 heterocycles. The van der Waals surface area contributed by atoms with Gasteiger partial charge >= 0.3 is 0 Å². The first-order valence-corrected chi connectivity index (χ1v) is 5.46. The molecule has 0 aliphatic rings. The van der Waals surface area contributed by atoms with Gasteiger partial charge in [0.05, 0.1) is 12.1 Å². The summed E-state index contributed by atoms with van der Waals surface area (Å²) in [5, 5.41) is 2.13. The van der Waals surface area contributed by atoms with Crippen LogP contribution in [0.15, 0.2) is 40.8 Å². The van der Waals surface area contributed by atoms with Crippen LogP contribution in [0.25, 0.3) is 11.3 Å². The normalized spacial score (nSPS) is 10.6. The largest absolute Gasteiger partial charge is 0.455 e. The highest BCUT2D eigenvalue weighted by Crippen LogP contribution is 2.24. The molecule has 84 valence electrons. The molecule has 0 saturated heterocycles. The van der Waals surface area contributed by atoms with E-state index in [1.165, 1.54) is 6.07 Å². The van der Waals surface area contributed by atoms with Gasteiger partial charge in [-0.1, -0.05) is 12.1 Å². The van der Waals surface area contributed by atoms with E-state index in [9.17, 15) is 4.39 Å². The fourth-order valence-electron chi connectivity index (χ4n) is 1.58. The standard InChI is InChI=1S/C13H14FNO/c1-2-15-9-10-7-8-13(16-10)11-5-3-4-6-12(11)14/h3-8,15H,2,9H2,1H3/p+1. The van der Waals surface area contributed by atoms with Gasteiger partial charge in [0.15, 0.2) is 5.76 Å². The molecule has 0 atom stereocenters. The lowest BCUT2D eigenvalue weighted by Crippen LogP contribution is -2.81. The van der Waals surface area contributed by atoms with Gasteiger partial charge in [-0.05, 0) is 31.2 Å². The number of furan rings is 1. The first-order chi connectivity index (χ1) is 7.81. The van der Waals surface area contributed by atoms with Gasteiger partial charge in [-0.3, -0.25) is 0 Å². The van der Waals surface area contributed by atoms with Gasteiger partial charge in [0, 0.05) is 0 Å². The zero-order valence-corrected chi connectivity index (χ0v) is 9.24. The molecule has 1 aromatic carbocycles. The maximum Gasteiger partial charge on any atom is 0.158 e. The number of quaternary nitrogens is 1. The predicted molar refractivity (Wildman–Crippen MR) is 60.3 cm³/mol. The minimum Gasteiger partial charge on any atom is -0.455 e. The molecule has 0 saturated carbocycles. The van der Waals surface area contributed by atoms with E-state index in [0.29, 0.717) is 11.3 Å². The summed E-state index contributed by atoms with van der Waals surface area (Å²) in [4.78, 5) is 0. The lowest BCUT2D eigenvalue weighted by molar-refractivity contribution is -0.669. The second kappa shape index (κ2) is 4.94. The van der Waals surface area contributed by atoms with Crippen molar-refractivity contribution < 1.29 is 14.1 Å². The number of halogens is 1. The maximum absolute atomic E-state index is 13.5. The van der Waals surface area contributed by atoms with Gasteiger partial charge in [0.1, 0.15) is 18.1 Å². The monoisotopic (exact) mass is 220 g/mol. The van der Waals surface area contributed by atoms with Gasteiger partial charge in [0.25, 0.3) is 0 Å². The van der Waals surface area contributed by atoms with Crippen molar-refractivity contribution in [2.24, 2.45) is 0 Å². The molecule has 0 aliphatic heterocycles. The molecule has 0 aliphatic carbocycles. The van der Waals surface area contributed by atoms with E-state index in [0.717, 1.165) is 18.8 Å². The van der Waals surface area contributed by atoms with Crippen molar-refractivity contribution in [3.05, 3.63) is 48.0 Å². The Morgan fingerprint density at radius 1 is 1.19 bits per heavy atom. The zero-order chi connectivity index (χ0) is 11.4. The Morgan fingerprint density at radius 3 is 2.75 bits per heavy atom. The Kier molecular flexibility index (Phi) is 3.37. The summed E-state index contributed by atoms with van der Waals surface area (Å²) >= 11 is 0. The SMILES string of the molecule is CC[NH2+]Cc1ccc(-c2ccccc2F)o1. The average Bonchev–Trinajstić information content (AvgIpc) is 2.75. The van der Waals surface area contributed by atoms with Gasteiger partial charge in [0.2, 0.25) is 0 Å². The molecule has 2 rings (SSSR count). The molecule has 0 unspecified atom stereocenters. The van der Waals surface area contributed by atoms with Crippen LogP contribution >= 0.6 is 0 Å². The fourth-order valence-corrected chi connectivity index (χ4v) is 1.58. The minimum absolute atomic E-state index is 0.247. The minimum atomic E-state index is -0.247. The second-order valence-electron chi connectivity index (χ2n) is 3.65. The van der Waals surface area contributed by atoms with Gasteiger partial charge in [-0.2, -0.15) is 0 Å². The smallest absolute Gasteiger partial charge is 0.158 e. The van der Waals surface area contributed by atoms with Gasteiger partial charge in [-0.15, -0.1) is 0 Å². The molecule has 0 amide bonds. The van der Waals surface area contributed by atoms with Crippen molar-refractivity contribution in [1.29, 1.82) is 0 Å². The summed E-state index contributed by atoms with van der Waals surface area (Å²) in [5.41, 5.74) is 0.519. The zero-order valence-electron chi connectivity index (χ0n) is 9.24. The van der Waals surface area contributed by atoms with E-state index in [1.54, 1.807) is 18.2 Å². The molecule has 0 spiro atoms. The molecule has 0 bridgehead atoms. The molecular formula is C13H15FNO+. The summed E-state index contributed by atoms with van der Waals surface area (Å²) in [5.74, 6) is 1.22. The first kappa shape index (κ1) is 10.9. The third-order valence-corrected chi connectivity index (χ3v) is 2.44. The van der Waals surface area contributed by atoms with Crippen LogP contribution in [0.2, 0.25) is 0 Å². The van der Waals surface area contributed by atoms with Gasteiger partial charge < -0.3 is 9.73 Å². The molecule has 2 aromatic rings. The molecule has 16 heavy (non-hydrogen) atoms. The van der Waals surface area contributed by atoms with Crippen LogP contribution in [0.4, 0.5) is 4.39 Å². The highest BCUT2D eigenvalue weighted by atomic mass is 19.1. The molecule has 3 heteroatoms. The van der Waals surface area contributed by atoms with Crippen LogP contribution in [-0.2, 0) is 6.54 Å². The average molecular weight is 220 g/mol. The summed E-state index contributed by atoms with van der Waals surface area (Å²) < 4.78 is 19.1. The summed E-state index contributed by atoms with van der Waals surface area (Å²) in [6.07, 6.45) is 0. The Labute approximate surface area is 94.1 Å². The Morgan fingerprint density at radius 2 is 2.00 bits per heavy atom. The number of hydrogen-bond donors (Lipinski definition) is 1. The van der Waals surface area contributed by atoms with Crippen LogP contribution in [0, 0.1) is 5.82 Å². The van der Waals surface area contributed by atoms with E-state index in [2.05, 4.69) is 12.2 Å². The topological polar surface area (TPSA) is 29.8 Å². The predicted octanol–water partition coefficient (Wildman–Crippen LogP) is 2.17. The maximum atomic E-state index is 13.5. The van der Waals surface area contributed by atoms with Crippen molar-refractivity contribution in [3.8, 4) is 11.3 Å². The van der Waals surface area contributed by atoms with Crippen molar-refractivity contribution in [2.45, 2.75) is 13.5 Å². The van der Waals surface area contributed by atoms with Crippen LogP contribution in [0.3, 0.4) is 0 Å². The Balaban J connectivity index is 2.22. The highest BCUT2D eigenvalue weighted by molar-refractivity contribution is 5.58. The molecule has 1 aromatic heterocycles. The second-order valence-corrected chi connectivity index (χ2v) is 3.65. The first-order valence-electron chi connectivity index (χ1n) is 5.46.